The fraction of sp³-hybridized carbons (Fsp3) is 0.917. The number of rotatable bonds is 4. The second-order valence-electron chi connectivity index (χ2n) is 4.58. The van der Waals surface area contributed by atoms with Crippen LogP contribution in [0.1, 0.15) is 52.4 Å². The van der Waals surface area contributed by atoms with Gasteiger partial charge in [-0.25, -0.2) is 0 Å². The lowest BCUT2D eigenvalue weighted by Crippen LogP contribution is -2.47. The van der Waals surface area contributed by atoms with Crippen LogP contribution in [0.4, 0.5) is 0 Å². The molecule has 0 aromatic rings. The molecule has 88 valence electrons. The lowest BCUT2D eigenvalue weighted by Gasteiger charge is -2.39. The zero-order valence-corrected chi connectivity index (χ0v) is 11.4. The van der Waals surface area contributed by atoms with Crippen molar-refractivity contribution in [3.63, 3.8) is 0 Å². The average molecular weight is 276 g/mol. The highest BCUT2D eigenvalue weighted by Gasteiger charge is 2.27. The van der Waals surface area contributed by atoms with Gasteiger partial charge in [0.2, 0.25) is 5.91 Å². The number of carbonyl (C=O) groups is 1. The van der Waals surface area contributed by atoms with Crippen molar-refractivity contribution in [2.45, 2.75) is 64.5 Å². The Labute approximate surface area is 102 Å². The summed E-state index contributed by atoms with van der Waals surface area (Å²) in [6.07, 6.45) is 6.46. The first-order valence-corrected chi connectivity index (χ1v) is 7.16. The van der Waals surface area contributed by atoms with Gasteiger partial charge in [0.25, 0.3) is 0 Å². The number of hydrogen-bond acceptors (Lipinski definition) is 1. The van der Waals surface area contributed by atoms with E-state index in [0.717, 1.165) is 24.6 Å². The molecule has 1 saturated heterocycles. The lowest BCUT2D eigenvalue weighted by molar-refractivity contribution is -0.137. The Kier molecular flexibility index (Phi) is 5.65. The first-order valence-electron chi connectivity index (χ1n) is 6.04. The molecule has 1 aliphatic rings. The molecule has 2 nitrogen and oxygen atoms in total. The molecule has 1 rings (SSSR count). The van der Waals surface area contributed by atoms with Crippen LogP contribution in [-0.2, 0) is 4.79 Å². The Bertz CT molecular complexity index is 198. The maximum atomic E-state index is 12.0. The van der Waals surface area contributed by atoms with Crippen LogP contribution >= 0.6 is 15.9 Å². The van der Waals surface area contributed by atoms with Crippen molar-refractivity contribution < 1.29 is 4.79 Å². The van der Waals surface area contributed by atoms with Crippen molar-refractivity contribution in [3.8, 4) is 0 Å². The quantitative estimate of drug-likeness (QED) is 0.569. The van der Waals surface area contributed by atoms with Crippen LogP contribution in [0.15, 0.2) is 0 Å². The molecule has 0 N–H and O–H groups in total. The Morgan fingerprint density at radius 3 is 2.40 bits per heavy atom. The minimum Gasteiger partial charge on any atom is -0.337 e. The summed E-state index contributed by atoms with van der Waals surface area (Å²) in [7, 11) is 0. The van der Waals surface area contributed by atoms with E-state index in [1.165, 1.54) is 19.3 Å². The minimum atomic E-state index is 0.357. The number of unbranched alkanes of at least 4 members (excludes halogenated alkanes) is 1. The summed E-state index contributed by atoms with van der Waals surface area (Å²) in [4.78, 5) is 14.1. The minimum absolute atomic E-state index is 0.357. The molecule has 1 aliphatic heterocycles. The van der Waals surface area contributed by atoms with Gasteiger partial charge in [-0.15, -0.1) is 0 Å². The monoisotopic (exact) mass is 275 g/mol. The van der Waals surface area contributed by atoms with E-state index in [1.54, 1.807) is 0 Å². The molecule has 0 bridgehead atoms. The standard InChI is InChI=1S/C12H22BrNO/c1-10-6-5-7-11(2)14(10)12(15)8-3-4-9-13/h10-11H,3-9H2,1-2H3. The van der Waals surface area contributed by atoms with Gasteiger partial charge >= 0.3 is 0 Å². The van der Waals surface area contributed by atoms with Crippen LogP contribution in [-0.4, -0.2) is 28.2 Å². The third kappa shape index (κ3) is 3.78. The molecule has 0 aliphatic carbocycles. The Morgan fingerprint density at radius 1 is 1.27 bits per heavy atom. The Morgan fingerprint density at radius 2 is 1.87 bits per heavy atom. The van der Waals surface area contributed by atoms with E-state index in [4.69, 9.17) is 0 Å². The number of piperidine rings is 1. The Balaban J connectivity index is 2.41. The first-order chi connectivity index (χ1) is 7.16. The molecule has 0 radical (unpaired) electrons. The lowest BCUT2D eigenvalue weighted by atomic mass is 9.97. The molecular weight excluding hydrogens is 254 g/mol. The third-order valence-corrected chi connectivity index (χ3v) is 3.82. The predicted octanol–water partition coefficient (Wildman–Crippen LogP) is 3.34. The van der Waals surface area contributed by atoms with Gasteiger partial charge in [-0.2, -0.15) is 0 Å². The van der Waals surface area contributed by atoms with Crippen molar-refractivity contribution in [1.29, 1.82) is 0 Å². The maximum Gasteiger partial charge on any atom is 0.223 e. The molecule has 0 spiro atoms. The van der Waals surface area contributed by atoms with E-state index in [9.17, 15) is 4.79 Å². The van der Waals surface area contributed by atoms with Gasteiger partial charge in [-0.05, 0) is 46.0 Å². The molecule has 1 heterocycles. The maximum absolute atomic E-state index is 12.0. The van der Waals surface area contributed by atoms with Crippen molar-refractivity contribution >= 4 is 21.8 Å². The van der Waals surface area contributed by atoms with Crippen LogP contribution in [0.25, 0.3) is 0 Å². The summed E-state index contributed by atoms with van der Waals surface area (Å²) in [6.45, 7) is 4.36. The van der Waals surface area contributed by atoms with Gasteiger partial charge in [0.15, 0.2) is 0 Å². The molecule has 2 unspecified atom stereocenters. The number of amides is 1. The summed E-state index contributed by atoms with van der Waals surface area (Å²) >= 11 is 3.39. The summed E-state index contributed by atoms with van der Waals surface area (Å²) < 4.78 is 0. The van der Waals surface area contributed by atoms with Crippen molar-refractivity contribution in [3.05, 3.63) is 0 Å². The number of hydrogen-bond donors (Lipinski definition) is 0. The zero-order chi connectivity index (χ0) is 11.3. The van der Waals surface area contributed by atoms with Gasteiger partial charge in [0.1, 0.15) is 0 Å². The summed E-state index contributed by atoms with van der Waals surface area (Å²) in [5, 5.41) is 1.01. The number of nitrogens with zero attached hydrogens (tertiary/aromatic N) is 1. The zero-order valence-electron chi connectivity index (χ0n) is 9.84. The fourth-order valence-electron chi connectivity index (χ4n) is 2.41. The van der Waals surface area contributed by atoms with Crippen molar-refractivity contribution in [2.75, 3.05) is 5.33 Å². The van der Waals surface area contributed by atoms with Gasteiger partial charge in [-0.1, -0.05) is 15.9 Å². The van der Waals surface area contributed by atoms with Crippen LogP contribution in [0, 0.1) is 0 Å². The molecule has 3 heteroatoms. The summed E-state index contributed by atoms with van der Waals surface area (Å²) in [5.41, 5.74) is 0. The number of likely N-dealkylation sites (tertiary alicyclic amines) is 1. The highest BCUT2D eigenvalue weighted by molar-refractivity contribution is 9.09. The molecule has 0 aromatic carbocycles. The van der Waals surface area contributed by atoms with Gasteiger partial charge in [0, 0.05) is 23.8 Å². The molecule has 0 saturated carbocycles. The molecule has 2 atom stereocenters. The summed E-state index contributed by atoms with van der Waals surface area (Å²) in [6, 6.07) is 0.899. The van der Waals surface area contributed by atoms with Crippen molar-refractivity contribution in [1.82, 2.24) is 4.90 Å². The van der Waals surface area contributed by atoms with E-state index in [1.807, 2.05) is 0 Å². The highest BCUT2D eigenvalue weighted by Crippen LogP contribution is 2.23. The predicted molar refractivity (Wildman–Crippen MR) is 67.3 cm³/mol. The number of halogens is 1. The van der Waals surface area contributed by atoms with E-state index in [0.29, 0.717) is 18.0 Å². The van der Waals surface area contributed by atoms with Gasteiger partial charge in [-0.3, -0.25) is 4.79 Å². The molecule has 1 fully saturated rings. The molecule has 1 amide bonds. The van der Waals surface area contributed by atoms with Crippen LogP contribution in [0.5, 0.6) is 0 Å². The Hall–Kier alpha value is -0.0500. The van der Waals surface area contributed by atoms with Crippen molar-refractivity contribution in [2.24, 2.45) is 0 Å². The largest absolute Gasteiger partial charge is 0.337 e. The molecule has 15 heavy (non-hydrogen) atoms. The van der Waals surface area contributed by atoms with Crippen LogP contribution < -0.4 is 0 Å². The van der Waals surface area contributed by atoms with Crippen LogP contribution in [0.3, 0.4) is 0 Å². The van der Waals surface area contributed by atoms with E-state index < -0.39 is 0 Å². The second kappa shape index (κ2) is 6.51. The molecule has 0 aromatic heterocycles. The van der Waals surface area contributed by atoms with Gasteiger partial charge < -0.3 is 4.90 Å². The third-order valence-electron chi connectivity index (χ3n) is 3.26. The van der Waals surface area contributed by atoms with Crippen LogP contribution in [0.2, 0.25) is 0 Å². The topological polar surface area (TPSA) is 20.3 Å². The summed E-state index contributed by atoms with van der Waals surface area (Å²) in [5.74, 6) is 0.357. The molecular formula is C12H22BrNO. The van der Waals surface area contributed by atoms with Gasteiger partial charge in [0.05, 0.1) is 0 Å². The fourth-order valence-corrected chi connectivity index (χ4v) is 2.81. The van der Waals surface area contributed by atoms with E-state index >= 15 is 0 Å². The van der Waals surface area contributed by atoms with E-state index in [2.05, 4.69) is 34.7 Å². The highest BCUT2D eigenvalue weighted by atomic mass is 79.9. The second-order valence-corrected chi connectivity index (χ2v) is 5.37. The normalized spacial score (nSPS) is 26.7. The average Bonchev–Trinajstić information content (AvgIpc) is 2.18. The number of carbonyl (C=O) groups excluding carboxylic acids is 1. The first kappa shape index (κ1) is 13.0. The van der Waals surface area contributed by atoms with E-state index in [-0.39, 0.29) is 0 Å². The number of alkyl halides is 1. The smallest absolute Gasteiger partial charge is 0.223 e. The SMILES string of the molecule is CC1CCCC(C)N1C(=O)CCCCBr.